The molecule has 0 bridgehead atoms. The van der Waals surface area contributed by atoms with Gasteiger partial charge in [-0.2, -0.15) is 4.98 Å². The minimum absolute atomic E-state index is 0.147. The molecule has 4 heterocycles. The first kappa shape index (κ1) is 18.1. The molecular formula is C20H17FN6O3. The second-order valence-electron chi connectivity index (χ2n) is 7.09. The summed E-state index contributed by atoms with van der Waals surface area (Å²) in [6, 6.07) is 5.87. The number of hydrogen-bond donors (Lipinski definition) is 3. The number of H-pyrrole nitrogens is 2. The van der Waals surface area contributed by atoms with Gasteiger partial charge in [0.25, 0.3) is 5.56 Å². The molecule has 1 atom stereocenters. The summed E-state index contributed by atoms with van der Waals surface area (Å²) in [7, 11) is 0. The van der Waals surface area contributed by atoms with Gasteiger partial charge < -0.3 is 20.0 Å². The Morgan fingerprint density at radius 3 is 3.07 bits per heavy atom. The van der Waals surface area contributed by atoms with Crippen LogP contribution in [0.1, 0.15) is 23.6 Å². The lowest BCUT2D eigenvalue weighted by atomic mass is 10.00. The third-order valence-electron chi connectivity index (χ3n) is 5.06. The van der Waals surface area contributed by atoms with E-state index in [1.54, 1.807) is 24.4 Å². The minimum Gasteiger partial charge on any atom is -0.490 e. The normalized spacial score (nSPS) is 15.6. The number of ether oxygens (including phenoxy) is 1. The van der Waals surface area contributed by atoms with Crippen molar-refractivity contribution < 1.29 is 9.13 Å². The molecular weight excluding hydrogens is 391 g/mol. The number of para-hydroxylation sites is 1. The highest BCUT2D eigenvalue weighted by molar-refractivity contribution is 5.72. The zero-order valence-electron chi connectivity index (χ0n) is 15.9. The van der Waals surface area contributed by atoms with Crippen molar-refractivity contribution in [3.8, 4) is 5.75 Å². The fourth-order valence-corrected chi connectivity index (χ4v) is 3.71. The zero-order valence-corrected chi connectivity index (χ0v) is 15.9. The molecule has 10 heteroatoms. The van der Waals surface area contributed by atoms with E-state index in [9.17, 15) is 14.0 Å². The first-order valence-electron chi connectivity index (χ1n) is 9.36. The summed E-state index contributed by atoms with van der Waals surface area (Å²) in [6.07, 6.45) is 3.55. The smallest absolute Gasteiger partial charge is 0.328 e. The van der Waals surface area contributed by atoms with E-state index in [1.165, 1.54) is 16.8 Å². The lowest BCUT2D eigenvalue weighted by Gasteiger charge is -2.26. The van der Waals surface area contributed by atoms with Crippen molar-refractivity contribution in [1.82, 2.24) is 24.5 Å². The van der Waals surface area contributed by atoms with E-state index in [4.69, 9.17) is 4.74 Å². The molecule has 4 aromatic rings. The summed E-state index contributed by atoms with van der Waals surface area (Å²) in [5.74, 6) is -0.160. The van der Waals surface area contributed by atoms with E-state index in [2.05, 4.69) is 25.3 Å². The predicted molar refractivity (Wildman–Crippen MR) is 108 cm³/mol. The van der Waals surface area contributed by atoms with Crippen LogP contribution < -0.4 is 21.3 Å². The molecule has 0 amide bonds. The summed E-state index contributed by atoms with van der Waals surface area (Å²) in [4.78, 5) is 38.8. The summed E-state index contributed by atoms with van der Waals surface area (Å²) in [5.41, 5.74) is 1.82. The maximum Gasteiger partial charge on any atom is 0.328 e. The Kier molecular flexibility index (Phi) is 4.12. The molecule has 0 spiro atoms. The van der Waals surface area contributed by atoms with Gasteiger partial charge in [-0.3, -0.25) is 9.36 Å². The first-order valence-corrected chi connectivity index (χ1v) is 9.36. The lowest BCUT2D eigenvalue weighted by molar-refractivity contribution is 0.244. The standard InChI is InChI=1S/C20H17FN6O3/c1-10-7-13(18(28)22-8-10)24-19-23-9-14-17(26-19)27(20(29)25-14)15-5-6-30-16-11(15)3-2-4-12(16)21/h2-4,7-9,15H,5-6H2,1H3,(H,22,28)(H,25,29)(H,23,24,26)/t15-/m1/s1. The summed E-state index contributed by atoms with van der Waals surface area (Å²) < 4.78 is 21.1. The van der Waals surface area contributed by atoms with Gasteiger partial charge in [0.1, 0.15) is 11.2 Å². The molecule has 5 rings (SSSR count). The van der Waals surface area contributed by atoms with Gasteiger partial charge in [-0.15, -0.1) is 0 Å². The minimum atomic E-state index is -0.472. The Labute approximate surface area is 168 Å². The number of benzene rings is 1. The van der Waals surface area contributed by atoms with Crippen LogP contribution in [0.3, 0.4) is 0 Å². The SMILES string of the molecule is Cc1c[nH]c(=O)c(Nc2ncc3[nH]c(=O)n([C@@H]4CCOc5c(F)cccc54)c3n2)c1. The fourth-order valence-electron chi connectivity index (χ4n) is 3.71. The number of aromatic amines is 2. The molecule has 0 aliphatic carbocycles. The summed E-state index contributed by atoms with van der Waals surface area (Å²) in [6.45, 7) is 2.11. The number of rotatable bonds is 3. The third-order valence-corrected chi connectivity index (χ3v) is 5.06. The lowest BCUT2D eigenvalue weighted by Crippen LogP contribution is -2.28. The number of halogens is 1. The van der Waals surface area contributed by atoms with Crippen LogP contribution in [0, 0.1) is 12.7 Å². The molecule has 0 fully saturated rings. The largest absolute Gasteiger partial charge is 0.490 e. The van der Waals surface area contributed by atoms with Crippen LogP contribution in [0.4, 0.5) is 16.0 Å². The molecule has 1 aliphatic heterocycles. The second kappa shape index (κ2) is 6.83. The number of fused-ring (bicyclic) bond motifs is 2. The summed E-state index contributed by atoms with van der Waals surface area (Å²) in [5, 5.41) is 2.89. The number of anilines is 2. The van der Waals surface area contributed by atoms with Crippen molar-refractivity contribution in [2.24, 2.45) is 0 Å². The van der Waals surface area contributed by atoms with Gasteiger partial charge in [0, 0.05) is 18.2 Å². The molecule has 9 nitrogen and oxygen atoms in total. The first-order chi connectivity index (χ1) is 14.5. The van der Waals surface area contributed by atoms with Crippen molar-refractivity contribution in [2.75, 3.05) is 11.9 Å². The molecule has 3 N–H and O–H groups in total. The van der Waals surface area contributed by atoms with Crippen LogP contribution in [0.2, 0.25) is 0 Å². The van der Waals surface area contributed by atoms with Crippen molar-refractivity contribution >= 4 is 22.8 Å². The van der Waals surface area contributed by atoms with Gasteiger partial charge in [-0.05, 0) is 24.6 Å². The number of pyridine rings is 1. The van der Waals surface area contributed by atoms with Gasteiger partial charge in [0.15, 0.2) is 17.2 Å². The third kappa shape index (κ3) is 2.93. The Bertz CT molecular complexity index is 1390. The highest BCUT2D eigenvalue weighted by Gasteiger charge is 2.28. The summed E-state index contributed by atoms with van der Waals surface area (Å²) >= 11 is 0. The zero-order chi connectivity index (χ0) is 20.8. The van der Waals surface area contributed by atoms with E-state index in [0.717, 1.165) is 5.56 Å². The van der Waals surface area contributed by atoms with Crippen molar-refractivity contribution in [3.63, 3.8) is 0 Å². The van der Waals surface area contributed by atoms with Crippen LogP contribution in [-0.2, 0) is 0 Å². The molecule has 1 aromatic carbocycles. The Balaban J connectivity index is 1.62. The fraction of sp³-hybridized carbons (Fsp3) is 0.200. The van der Waals surface area contributed by atoms with E-state index >= 15 is 0 Å². The monoisotopic (exact) mass is 408 g/mol. The van der Waals surface area contributed by atoms with E-state index in [0.29, 0.717) is 23.1 Å². The number of hydrogen-bond acceptors (Lipinski definition) is 6. The van der Waals surface area contributed by atoms with Crippen LogP contribution >= 0.6 is 0 Å². The predicted octanol–water partition coefficient (Wildman–Crippen LogP) is 2.37. The average Bonchev–Trinajstić information content (AvgIpc) is 3.06. The van der Waals surface area contributed by atoms with Crippen molar-refractivity contribution in [2.45, 2.75) is 19.4 Å². The molecule has 3 aromatic heterocycles. The van der Waals surface area contributed by atoms with Crippen LogP contribution in [-0.4, -0.2) is 31.1 Å². The van der Waals surface area contributed by atoms with Crippen LogP contribution in [0.15, 0.2) is 46.2 Å². The van der Waals surface area contributed by atoms with E-state index < -0.39 is 11.9 Å². The average molecular weight is 408 g/mol. The number of nitrogens with zero attached hydrogens (tertiary/aromatic N) is 3. The van der Waals surface area contributed by atoms with E-state index in [-0.39, 0.29) is 35.2 Å². The number of imidazole rings is 1. The van der Waals surface area contributed by atoms with Crippen molar-refractivity contribution in [1.29, 1.82) is 0 Å². The molecule has 1 aliphatic rings. The molecule has 0 unspecified atom stereocenters. The highest BCUT2D eigenvalue weighted by atomic mass is 19.1. The topological polar surface area (TPSA) is 118 Å². The highest BCUT2D eigenvalue weighted by Crippen LogP contribution is 2.36. The number of nitrogens with one attached hydrogen (secondary N) is 3. The molecule has 0 saturated heterocycles. The number of aryl methyl sites for hydroxylation is 1. The Hall–Kier alpha value is -3.95. The Morgan fingerprint density at radius 1 is 1.33 bits per heavy atom. The van der Waals surface area contributed by atoms with Crippen molar-refractivity contribution in [3.05, 3.63) is 74.4 Å². The maximum atomic E-state index is 14.2. The molecule has 0 saturated carbocycles. The molecule has 30 heavy (non-hydrogen) atoms. The van der Waals surface area contributed by atoms with E-state index in [1.807, 2.05) is 6.92 Å². The molecule has 0 radical (unpaired) electrons. The Morgan fingerprint density at radius 2 is 2.20 bits per heavy atom. The van der Waals surface area contributed by atoms with Crippen LogP contribution in [0.5, 0.6) is 5.75 Å². The van der Waals surface area contributed by atoms with Gasteiger partial charge in [-0.1, -0.05) is 12.1 Å². The van der Waals surface area contributed by atoms with Gasteiger partial charge in [0.05, 0.1) is 18.8 Å². The second-order valence-corrected chi connectivity index (χ2v) is 7.09. The van der Waals surface area contributed by atoms with Crippen LogP contribution in [0.25, 0.3) is 11.2 Å². The maximum absolute atomic E-state index is 14.2. The van der Waals surface area contributed by atoms with Gasteiger partial charge in [-0.25, -0.2) is 14.2 Å². The number of aromatic nitrogens is 5. The van der Waals surface area contributed by atoms with Gasteiger partial charge in [0.2, 0.25) is 5.95 Å². The van der Waals surface area contributed by atoms with Gasteiger partial charge >= 0.3 is 5.69 Å². The molecule has 152 valence electrons. The quantitative estimate of drug-likeness (QED) is 0.479.